The van der Waals surface area contributed by atoms with Gasteiger partial charge in [0.2, 0.25) is 0 Å². The number of halogens is 3. The largest absolute Gasteiger partial charge is 0.497 e. The van der Waals surface area contributed by atoms with Crippen molar-refractivity contribution in [2.24, 2.45) is 4.99 Å². The van der Waals surface area contributed by atoms with Crippen molar-refractivity contribution in [3.63, 3.8) is 0 Å². The molecule has 0 bridgehead atoms. The van der Waals surface area contributed by atoms with Gasteiger partial charge in [0.05, 0.1) is 7.11 Å². The molecule has 0 radical (unpaired) electrons. The lowest BCUT2D eigenvalue weighted by Gasteiger charge is -1.98. The predicted molar refractivity (Wildman–Crippen MR) is 74.1 cm³/mol. The van der Waals surface area contributed by atoms with Crippen LogP contribution in [0.25, 0.3) is 0 Å². The lowest BCUT2D eigenvalue weighted by molar-refractivity contribution is -0.192. The molecule has 0 aliphatic heterocycles. The maximum atomic E-state index is 10.6. The zero-order valence-corrected chi connectivity index (χ0v) is 11.9. The number of hydrogen-bond donors (Lipinski definition) is 1. The molecule has 21 heavy (non-hydrogen) atoms. The monoisotopic (exact) mass is 305 g/mol. The third kappa shape index (κ3) is 9.48. The third-order valence-corrected chi connectivity index (χ3v) is 2.24. The maximum Gasteiger partial charge on any atom is 0.490 e. The summed E-state index contributed by atoms with van der Waals surface area (Å²) in [5.74, 6) is -1.87. The van der Waals surface area contributed by atoms with Crippen molar-refractivity contribution in [1.29, 1.82) is 0 Å². The number of rotatable bonds is 5. The summed E-state index contributed by atoms with van der Waals surface area (Å²) >= 11 is 0. The minimum Gasteiger partial charge on any atom is -0.497 e. The molecule has 0 spiro atoms. The van der Waals surface area contributed by atoms with E-state index in [4.69, 9.17) is 14.6 Å². The Hall–Kier alpha value is -2.05. The van der Waals surface area contributed by atoms with Crippen LogP contribution in [0.15, 0.2) is 29.3 Å². The van der Waals surface area contributed by atoms with Crippen LogP contribution in [0, 0.1) is 0 Å². The van der Waals surface area contributed by atoms with E-state index in [2.05, 4.69) is 11.9 Å². The smallest absolute Gasteiger partial charge is 0.490 e. The van der Waals surface area contributed by atoms with E-state index in [9.17, 15) is 13.2 Å². The highest BCUT2D eigenvalue weighted by Gasteiger charge is 2.38. The molecule has 4 nitrogen and oxygen atoms in total. The number of ether oxygens (including phenoxy) is 1. The van der Waals surface area contributed by atoms with E-state index in [1.165, 1.54) is 6.42 Å². The Morgan fingerprint density at radius 3 is 2.24 bits per heavy atom. The standard InChI is InChI=1S/C12H17NO.C2HF3O2/c1-3-4-9-13-10-11-5-7-12(14-2)8-6-11;3-2(4,5)1(6)7/h5-8,10H,3-4,9H2,1-2H3;(H,6,7). The Balaban J connectivity index is 0.000000486. The van der Waals surface area contributed by atoms with Crippen molar-refractivity contribution in [1.82, 2.24) is 0 Å². The number of aliphatic imine (C=N–C) groups is 1. The fraction of sp³-hybridized carbons (Fsp3) is 0.429. The van der Waals surface area contributed by atoms with Crippen LogP contribution in [0.3, 0.4) is 0 Å². The molecule has 0 atom stereocenters. The second-order valence-electron chi connectivity index (χ2n) is 3.96. The summed E-state index contributed by atoms with van der Waals surface area (Å²) in [6.07, 6.45) is -0.818. The Morgan fingerprint density at radius 1 is 1.33 bits per heavy atom. The molecule has 0 aliphatic carbocycles. The van der Waals surface area contributed by atoms with Crippen molar-refractivity contribution in [2.45, 2.75) is 25.9 Å². The van der Waals surface area contributed by atoms with E-state index in [0.29, 0.717) is 0 Å². The molecule has 1 rings (SSSR count). The first kappa shape index (κ1) is 18.9. The van der Waals surface area contributed by atoms with Crippen LogP contribution in [-0.2, 0) is 4.79 Å². The Labute approximate surface area is 121 Å². The number of carboxylic acids is 1. The number of carbonyl (C=O) groups is 1. The van der Waals surface area contributed by atoms with Gasteiger partial charge in [0, 0.05) is 12.8 Å². The van der Waals surface area contributed by atoms with Crippen LogP contribution in [0.4, 0.5) is 13.2 Å². The van der Waals surface area contributed by atoms with E-state index in [0.717, 1.165) is 24.3 Å². The zero-order chi connectivity index (χ0) is 16.3. The molecule has 1 N–H and O–H groups in total. The maximum absolute atomic E-state index is 10.6. The predicted octanol–water partition coefficient (Wildman–Crippen LogP) is 3.55. The van der Waals surface area contributed by atoms with Gasteiger partial charge in [-0.3, -0.25) is 4.99 Å². The summed E-state index contributed by atoms with van der Waals surface area (Å²) in [4.78, 5) is 13.2. The Kier molecular flexibility index (Phi) is 8.84. The van der Waals surface area contributed by atoms with Crippen molar-refractivity contribution >= 4 is 12.2 Å². The second-order valence-corrected chi connectivity index (χ2v) is 3.96. The molecule has 0 heterocycles. The van der Waals surface area contributed by atoms with Gasteiger partial charge in [0.15, 0.2) is 0 Å². The summed E-state index contributed by atoms with van der Waals surface area (Å²) in [6, 6.07) is 7.91. The van der Waals surface area contributed by atoms with Gasteiger partial charge >= 0.3 is 12.1 Å². The molecular formula is C14H18F3NO3. The molecule has 1 aromatic carbocycles. The van der Waals surface area contributed by atoms with E-state index < -0.39 is 12.1 Å². The van der Waals surface area contributed by atoms with Gasteiger partial charge < -0.3 is 9.84 Å². The number of unbranched alkanes of at least 4 members (excludes halogenated alkanes) is 1. The fourth-order valence-electron chi connectivity index (χ4n) is 1.11. The highest BCUT2D eigenvalue weighted by atomic mass is 19.4. The zero-order valence-electron chi connectivity index (χ0n) is 11.9. The number of nitrogens with zero attached hydrogens (tertiary/aromatic N) is 1. The lowest BCUT2D eigenvalue weighted by Crippen LogP contribution is -2.21. The summed E-state index contributed by atoms with van der Waals surface area (Å²) in [5, 5.41) is 7.12. The molecule has 0 aliphatic rings. The van der Waals surface area contributed by atoms with E-state index in [1.807, 2.05) is 30.5 Å². The van der Waals surface area contributed by atoms with Crippen molar-refractivity contribution in [2.75, 3.05) is 13.7 Å². The minimum atomic E-state index is -5.08. The highest BCUT2D eigenvalue weighted by Crippen LogP contribution is 2.13. The average molecular weight is 305 g/mol. The number of aliphatic carboxylic acids is 1. The van der Waals surface area contributed by atoms with Crippen LogP contribution in [0.2, 0.25) is 0 Å². The lowest BCUT2D eigenvalue weighted by atomic mass is 10.2. The summed E-state index contributed by atoms with van der Waals surface area (Å²) in [5.41, 5.74) is 1.13. The van der Waals surface area contributed by atoms with Gasteiger partial charge in [0.25, 0.3) is 0 Å². The fourth-order valence-corrected chi connectivity index (χ4v) is 1.11. The SMILES string of the molecule is CCCCN=Cc1ccc(OC)cc1.O=C(O)C(F)(F)F. The first-order chi connectivity index (χ1) is 9.81. The van der Waals surface area contributed by atoms with Crippen LogP contribution in [-0.4, -0.2) is 37.1 Å². The molecule has 0 unspecified atom stereocenters. The number of benzene rings is 1. The topological polar surface area (TPSA) is 58.9 Å². The van der Waals surface area contributed by atoms with Crippen LogP contribution >= 0.6 is 0 Å². The number of alkyl halides is 3. The van der Waals surface area contributed by atoms with Gasteiger partial charge in [-0.25, -0.2) is 4.79 Å². The Bertz CT molecular complexity index is 442. The van der Waals surface area contributed by atoms with Gasteiger partial charge in [-0.1, -0.05) is 13.3 Å². The van der Waals surface area contributed by atoms with Crippen LogP contribution < -0.4 is 4.74 Å². The molecule has 0 saturated carbocycles. The average Bonchev–Trinajstić information content (AvgIpc) is 2.44. The molecule has 0 amide bonds. The summed E-state index contributed by atoms with van der Waals surface area (Å²) < 4.78 is 36.8. The molecule has 7 heteroatoms. The molecule has 118 valence electrons. The number of methoxy groups -OCH3 is 1. The van der Waals surface area contributed by atoms with Gasteiger partial charge in [0.1, 0.15) is 5.75 Å². The van der Waals surface area contributed by atoms with Gasteiger partial charge in [-0.05, 0) is 36.2 Å². The molecule has 0 saturated heterocycles. The Morgan fingerprint density at radius 2 is 1.86 bits per heavy atom. The second kappa shape index (κ2) is 9.79. The summed E-state index contributed by atoms with van der Waals surface area (Å²) in [6.45, 7) is 3.09. The van der Waals surface area contributed by atoms with Crippen molar-refractivity contribution < 1.29 is 27.8 Å². The van der Waals surface area contributed by atoms with Crippen LogP contribution in [0.1, 0.15) is 25.3 Å². The molecule has 0 aromatic heterocycles. The normalized spacial score (nSPS) is 10.9. The first-order valence-corrected chi connectivity index (χ1v) is 6.25. The first-order valence-electron chi connectivity index (χ1n) is 6.25. The van der Waals surface area contributed by atoms with Crippen molar-refractivity contribution in [3.05, 3.63) is 29.8 Å². The van der Waals surface area contributed by atoms with Crippen molar-refractivity contribution in [3.8, 4) is 5.75 Å². The number of hydrogen-bond acceptors (Lipinski definition) is 3. The van der Waals surface area contributed by atoms with Crippen LogP contribution in [0.5, 0.6) is 5.75 Å². The molecule has 1 aromatic rings. The van der Waals surface area contributed by atoms with E-state index in [1.54, 1.807) is 7.11 Å². The molecule has 0 fully saturated rings. The van der Waals surface area contributed by atoms with Gasteiger partial charge in [-0.2, -0.15) is 13.2 Å². The summed E-state index contributed by atoms with van der Waals surface area (Å²) in [7, 11) is 1.67. The highest BCUT2D eigenvalue weighted by molar-refractivity contribution is 5.79. The van der Waals surface area contributed by atoms with E-state index in [-0.39, 0.29) is 0 Å². The number of carboxylic acid groups (broad SMARTS) is 1. The van der Waals surface area contributed by atoms with Gasteiger partial charge in [-0.15, -0.1) is 0 Å². The van der Waals surface area contributed by atoms with E-state index >= 15 is 0 Å². The molecular weight excluding hydrogens is 287 g/mol. The quantitative estimate of drug-likeness (QED) is 0.668. The minimum absolute atomic E-state index is 0.885. The third-order valence-electron chi connectivity index (χ3n) is 2.24.